The first kappa shape index (κ1) is 9.33. The van der Waals surface area contributed by atoms with Gasteiger partial charge in [0, 0.05) is 0 Å². The molecule has 5 heteroatoms. The summed E-state index contributed by atoms with van der Waals surface area (Å²) in [6.45, 7) is 0. The van der Waals surface area contributed by atoms with Crippen LogP contribution < -0.4 is 4.74 Å². The van der Waals surface area contributed by atoms with Crippen LogP contribution in [-0.2, 0) is 0 Å². The molecular formula is C9H6BrFN2O. The first-order valence-corrected chi connectivity index (χ1v) is 4.67. The van der Waals surface area contributed by atoms with Gasteiger partial charge in [0.25, 0.3) is 0 Å². The summed E-state index contributed by atoms with van der Waals surface area (Å²) in [5.41, 5.74) is 0.256. The molecule has 0 saturated carbocycles. The molecule has 0 spiro atoms. The van der Waals surface area contributed by atoms with Crippen molar-refractivity contribution in [2.45, 2.75) is 0 Å². The normalized spacial score (nSPS) is 10.5. The van der Waals surface area contributed by atoms with Crippen LogP contribution in [0.2, 0.25) is 0 Å². The molecule has 1 aromatic heterocycles. The van der Waals surface area contributed by atoms with Crippen LogP contribution in [0.1, 0.15) is 0 Å². The van der Waals surface area contributed by atoms with Crippen molar-refractivity contribution in [3.63, 3.8) is 0 Å². The monoisotopic (exact) mass is 256 g/mol. The number of halogens is 2. The number of aromatic nitrogens is 2. The molecule has 0 unspecified atom stereocenters. The number of benzene rings is 1. The van der Waals surface area contributed by atoms with E-state index in [-0.39, 0.29) is 11.3 Å². The summed E-state index contributed by atoms with van der Waals surface area (Å²) in [5.74, 6) is -0.0229. The van der Waals surface area contributed by atoms with Gasteiger partial charge in [-0.25, -0.2) is 9.37 Å². The summed E-state index contributed by atoms with van der Waals surface area (Å²) in [4.78, 5) is 7.91. The third-order valence-electron chi connectivity index (χ3n) is 1.81. The van der Waals surface area contributed by atoms with E-state index in [1.165, 1.54) is 13.2 Å². The molecule has 1 aromatic carbocycles. The molecular weight excluding hydrogens is 251 g/mol. The predicted molar refractivity (Wildman–Crippen MR) is 53.7 cm³/mol. The molecule has 0 atom stereocenters. The number of rotatable bonds is 1. The van der Waals surface area contributed by atoms with Crippen molar-refractivity contribution in [1.29, 1.82) is 0 Å². The molecule has 1 heterocycles. The first-order valence-electron chi connectivity index (χ1n) is 3.88. The fourth-order valence-electron chi connectivity index (χ4n) is 1.22. The van der Waals surface area contributed by atoms with Crippen LogP contribution >= 0.6 is 15.9 Å². The molecule has 0 aliphatic rings. The molecule has 0 amide bonds. The maximum absolute atomic E-state index is 13.3. The molecule has 3 nitrogen and oxygen atoms in total. The quantitative estimate of drug-likeness (QED) is 0.736. The Morgan fingerprint density at radius 3 is 2.86 bits per heavy atom. The minimum Gasteiger partial charge on any atom is -0.480 e. The first-order chi connectivity index (χ1) is 6.72. The Morgan fingerprint density at radius 1 is 1.36 bits per heavy atom. The van der Waals surface area contributed by atoms with Gasteiger partial charge in [-0.2, -0.15) is 4.98 Å². The van der Waals surface area contributed by atoms with Gasteiger partial charge in [-0.1, -0.05) is 6.07 Å². The summed E-state index contributed by atoms with van der Waals surface area (Å²) >= 11 is 3.09. The van der Waals surface area contributed by atoms with Gasteiger partial charge in [0.15, 0.2) is 0 Å². The lowest BCUT2D eigenvalue weighted by atomic mass is 10.2. The Morgan fingerprint density at radius 2 is 2.14 bits per heavy atom. The molecule has 14 heavy (non-hydrogen) atoms. The zero-order valence-corrected chi connectivity index (χ0v) is 8.88. The summed E-state index contributed by atoms with van der Waals surface area (Å²) in [5, 5.41) is 0.565. The number of methoxy groups -OCH3 is 1. The van der Waals surface area contributed by atoms with Gasteiger partial charge in [0.1, 0.15) is 11.3 Å². The smallest absolute Gasteiger partial charge is 0.225 e. The molecule has 72 valence electrons. The average Bonchev–Trinajstić information content (AvgIpc) is 2.18. The van der Waals surface area contributed by atoms with Crippen LogP contribution in [0.15, 0.2) is 22.9 Å². The summed E-state index contributed by atoms with van der Waals surface area (Å²) < 4.78 is 18.6. The van der Waals surface area contributed by atoms with Crippen molar-refractivity contribution in [3.05, 3.63) is 28.7 Å². The van der Waals surface area contributed by atoms with Crippen LogP contribution in [0.4, 0.5) is 4.39 Å². The lowest BCUT2D eigenvalue weighted by molar-refractivity contribution is 0.401. The molecule has 0 fully saturated rings. The third-order valence-corrected chi connectivity index (χ3v) is 2.16. The van der Waals surface area contributed by atoms with E-state index in [1.54, 1.807) is 12.1 Å². The van der Waals surface area contributed by atoms with Gasteiger partial charge in [-0.15, -0.1) is 0 Å². The SMILES string of the molecule is COc1nc(Br)nc2c(F)cccc12. The fourth-order valence-corrected chi connectivity index (χ4v) is 1.56. The van der Waals surface area contributed by atoms with Crippen LogP contribution in [0.3, 0.4) is 0 Å². The zero-order valence-electron chi connectivity index (χ0n) is 7.29. The van der Waals surface area contributed by atoms with Crippen LogP contribution in [0, 0.1) is 5.82 Å². The molecule has 0 N–H and O–H groups in total. The van der Waals surface area contributed by atoms with Gasteiger partial charge >= 0.3 is 0 Å². The highest BCUT2D eigenvalue weighted by molar-refractivity contribution is 9.10. The van der Waals surface area contributed by atoms with E-state index in [4.69, 9.17) is 4.74 Å². The van der Waals surface area contributed by atoms with Gasteiger partial charge < -0.3 is 4.74 Å². The van der Waals surface area contributed by atoms with E-state index in [2.05, 4.69) is 25.9 Å². The number of hydrogen-bond donors (Lipinski definition) is 0. The van der Waals surface area contributed by atoms with E-state index in [1.807, 2.05) is 0 Å². The van der Waals surface area contributed by atoms with Crippen molar-refractivity contribution in [2.75, 3.05) is 7.11 Å². The summed E-state index contributed by atoms with van der Waals surface area (Å²) in [6.07, 6.45) is 0. The Kier molecular flexibility index (Phi) is 2.33. The minimum atomic E-state index is -0.385. The second-order valence-corrected chi connectivity index (χ2v) is 3.35. The highest BCUT2D eigenvalue weighted by atomic mass is 79.9. The average molecular weight is 257 g/mol. The molecule has 0 saturated heterocycles. The number of fused-ring (bicyclic) bond motifs is 1. The largest absolute Gasteiger partial charge is 0.480 e. The lowest BCUT2D eigenvalue weighted by Crippen LogP contribution is -1.94. The van der Waals surface area contributed by atoms with Crippen LogP contribution in [-0.4, -0.2) is 17.1 Å². The Labute approximate surface area is 88.1 Å². The third kappa shape index (κ3) is 1.43. The fraction of sp³-hybridized carbons (Fsp3) is 0.111. The standard InChI is InChI=1S/C9H6BrFN2O/c1-14-8-5-3-2-4-6(11)7(5)12-9(10)13-8/h2-4H,1H3. The highest BCUT2D eigenvalue weighted by Gasteiger charge is 2.09. The topological polar surface area (TPSA) is 35.0 Å². The molecule has 0 aliphatic heterocycles. The summed E-state index contributed by atoms with van der Waals surface area (Å²) in [7, 11) is 1.49. The van der Waals surface area contributed by atoms with Crippen molar-refractivity contribution >= 4 is 26.8 Å². The van der Waals surface area contributed by atoms with Gasteiger partial charge in [-0.3, -0.25) is 0 Å². The van der Waals surface area contributed by atoms with Crippen LogP contribution in [0.5, 0.6) is 5.88 Å². The van der Waals surface area contributed by atoms with Crippen molar-refractivity contribution in [2.24, 2.45) is 0 Å². The number of ether oxygens (including phenoxy) is 1. The number of para-hydroxylation sites is 1. The van der Waals surface area contributed by atoms with E-state index in [9.17, 15) is 4.39 Å². The van der Waals surface area contributed by atoms with Gasteiger partial charge in [0.2, 0.25) is 10.6 Å². The predicted octanol–water partition coefficient (Wildman–Crippen LogP) is 2.54. The Balaban J connectivity index is 2.87. The van der Waals surface area contributed by atoms with Crippen molar-refractivity contribution < 1.29 is 9.13 Å². The molecule has 0 aliphatic carbocycles. The van der Waals surface area contributed by atoms with Crippen molar-refractivity contribution in [3.8, 4) is 5.88 Å². The second kappa shape index (κ2) is 3.49. The molecule has 2 rings (SSSR count). The molecule has 2 aromatic rings. The van der Waals surface area contributed by atoms with Gasteiger partial charge in [-0.05, 0) is 28.1 Å². The Hall–Kier alpha value is -1.23. The van der Waals surface area contributed by atoms with E-state index in [0.717, 1.165) is 0 Å². The summed E-state index contributed by atoms with van der Waals surface area (Å²) in [6, 6.07) is 4.66. The Bertz CT molecular complexity index is 489. The van der Waals surface area contributed by atoms with Crippen molar-refractivity contribution in [1.82, 2.24) is 9.97 Å². The zero-order chi connectivity index (χ0) is 10.1. The van der Waals surface area contributed by atoms with E-state index < -0.39 is 0 Å². The highest BCUT2D eigenvalue weighted by Crippen LogP contribution is 2.25. The number of hydrogen-bond acceptors (Lipinski definition) is 3. The van der Waals surface area contributed by atoms with E-state index >= 15 is 0 Å². The molecule has 0 radical (unpaired) electrons. The molecule has 0 bridgehead atoms. The van der Waals surface area contributed by atoms with E-state index in [0.29, 0.717) is 16.0 Å². The second-order valence-electron chi connectivity index (χ2n) is 2.64. The maximum atomic E-state index is 13.3. The number of nitrogens with zero attached hydrogens (tertiary/aromatic N) is 2. The maximum Gasteiger partial charge on any atom is 0.225 e. The minimum absolute atomic E-state index is 0.256. The van der Waals surface area contributed by atoms with Gasteiger partial charge in [0.05, 0.1) is 12.5 Å². The lowest BCUT2D eigenvalue weighted by Gasteiger charge is -2.04. The van der Waals surface area contributed by atoms with Crippen LogP contribution in [0.25, 0.3) is 10.9 Å².